The molecular weight excluding hydrogens is 302 g/mol. The van der Waals surface area contributed by atoms with Gasteiger partial charge < -0.3 is 10.1 Å². The van der Waals surface area contributed by atoms with E-state index in [1.165, 1.54) is 0 Å². The number of Topliss-reactive ketones (excluding diaryl/α,β-unsaturated/α-hetero) is 1. The van der Waals surface area contributed by atoms with Gasteiger partial charge in [0.15, 0.2) is 5.78 Å². The summed E-state index contributed by atoms with van der Waals surface area (Å²) in [4.78, 5) is 23.9. The zero-order valence-electron chi connectivity index (χ0n) is 14.2. The number of carbonyl (C=O) groups is 2. The van der Waals surface area contributed by atoms with Crippen LogP contribution in [0.5, 0.6) is 5.75 Å². The Morgan fingerprint density at radius 2 is 2.00 bits per heavy atom. The number of hydrogen-bond acceptors (Lipinski definition) is 3. The standard InChI is InChI=1S/C20H23NO3/c1-3-19(22)16-10-14-6-7-17(24-2)12-18(14)15(11-16)8-9-21-20(23)13-4-5-13/h6-7,10-13H,3-5,8-9H2,1-2H3,(H,21,23). The van der Waals surface area contributed by atoms with Crippen LogP contribution in [0.25, 0.3) is 10.8 Å². The Balaban J connectivity index is 1.88. The molecule has 24 heavy (non-hydrogen) atoms. The average molecular weight is 325 g/mol. The van der Waals surface area contributed by atoms with Crippen molar-refractivity contribution in [1.82, 2.24) is 5.32 Å². The molecular formula is C20H23NO3. The van der Waals surface area contributed by atoms with Gasteiger partial charge in [-0.05, 0) is 59.9 Å². The first-order valence-corrected chi connectivity index (χ1v) is 8.54. The Hall–Kier alpha value is -2.36. The van der Waals surface area contributed by atoms with E-state index in [1.54, 1.807) is 7.11 Å². The molecule has 2 aromatic carbocycles. The van der Waals surface area contributed by atoms with E-state index in [0.29, 0.717) is 19.4 Å². The van der Waals surface area contributed by atoms with Crippen LogP contribution in [-0.4, -0.2) is 25.3 Å². The lowest BCUT2D eigenvalue weighted by Crippen LogP contribution is -2.27. The zero-order chi connectivity index (χ0) is 17.1. The van der Waals surface area contributed by atoms with E-state index in [2.05, 4.69) is 5.32 Å². The van der Waals surface area contributed by atoms with Gasteiger partial charge in [0.25, 0.3) is 0 Å². The van der Waals surface area contributed by atoms with Gasteiger partial charge in [-0.15, -0.1) is 0 Å². The van der Waals surface area contributed by atoms with Crippen LogP contribution in [0.4, 0.5) is 0 Å². The summed E-state index contributed by atoms with van der Waals surface area (Å²) < 4.78 is 5.32. The van der Waals surface area contributed by atoms with Gasteiger partial charge >= 0.3 is 0 Å². The molecule has 2 aromatic rings. The second kappa shape index (κ2) is 7.04. The van der Waals surface area contributed by atoms with Crippen LogP contribution < -0.4 is 10.1 Å². The predicted molar refractivity (Wildman–Crippen MR) is 94.6 cm³/mol. The van der Waals surface area contributed by atoms with Crippen LogP contribution in [0.3, 0.4) is 0 Å². The van der Waals surface area contributed by atoms with E-state index in [-0.39, 0.29) is 17.6 Å². The lowest BCUT2D eigenvalue weighted by atomic mass is 9.96. The van der Waals surface area contributed by atoms with E-state index >= 15 is 0 Å². The van der Waals surface area contributed by atoms with Crippen molar-refractivity contribution in [1.29, 1.82) is 0 Å². The monoisotopic (exact) mass is 325 g/mol. The summed E-state index contributed by atoms with van der Waals surface area (Å²) in [6.45, 7) is 2.46. The molecule has 1 N–H and O–H groups in total. The molecule has 0 radical (unpaired) electrons. The number of ether oxygens (including phenoxy) is 1. The number of methoxy groups -OCH3 is 1. The molecule has 4 heteroatoms. The van der Waals surface area contributed by atoms with E-state index in [9.17, 15) is 9.59 Å². The van der Waals surface area contributed by atoms with Gasteiger partial charge in [0.1, 0.15) is 5.75 Å². The molecule has 0 bridgehead atoms. The highest BCUT2D eigenvalue weighted by Gasteiger charge is 2.29. The Bertz CT molecular complexity index is 778. The number of nitrogens with one attached hydrogen (secondary N) is 1. The molecule has 0 spiro atoms. The smallest absolute Gasteiger partial charge is 0.223 e. The molecule has 0 aliphatic heterocycles. The summed E-state index contributed by atoms with van der Waals surface area (Å²) in [6.07, 6.45) is 3.20. The minimum absolute atomic E-state index is 0.135. The lowest BCUT2D eigenvalue weighted by Gasteiger charge is -2.12. The van der Waals surface area contributed by atoms with Crippen LogP contribution in [0.1, 0.15) is 42.1 Å². The maximum Gasteiger partial charge on any atom is 0.223 e. The number of carbonyl (C=O) groups excluding carboxylic acids is 2. The fraction of sp³-hybridized carbons (Fsp3) is 0.400. The molecule has 0 saturated heterocycles. The maximum absolute atomic E-state index is 12.1. The molecule has 1 saturated carbocycles. The number of benzene rings is 2. The summed E-state index contributed by atoms with van der Waals surface area (Å²) in [6, 6.07) is 9.77. The highest BCUT2D eigenvalue weighted by molar-refractivity contribution is 6.01. The first-order chi connectivity index (χ1) is 11.6. The highest BCUT2D eigenvalue weighted by atomic mass is 16.5. The minimum atomic E-state index is 0.135. The normalized spacial score (nSPS) is 13.8. The summed E-state index contributed by atoms with van der Waals surface area (Å²) >= 11 is 0. The molecule has 1 aliphatic carbocycles. The van der Waals surface area contributed by atoms with E-state index in [4.69, 9.17) is 4.74 Å². The number of hydrogen-bond donors (Lipinski definition) is 1. The zero-order valence-corrected chi connectivity index (χ0v) is 14.2. The Labute approximate surface area is 142 Å². The van der Waals surface area contributed by atoms with Gasteiger partial charge in [-0.25, -0.2) is 0 Å². The fourth-order valence-electron chi connectivity index (χ4n) is 2.92. The third kappa shape index (κ3) is 3.58. The van der Waals surface area contributed by atoms with Gasteiger partial charge in [-0.3, -0.25) is 9.59 Å². The van der Waals surface area contributed by atoms with Gasteiger partial charge in [0, 0.05) is 24.4 Å². The second-order valence-corrected chi connectivity index (χ2v) is 6.31. The molecule has 1 fully saturated rings. The van der Waals surface area contributed by atoms with Gasteiger partial charge in [0.05, 0.1) is 7.11 Å². The average Bonchev–Trinajstić information content (AvgIpc) is 3.45. The first kappa shape index (κ1) is 16.5. The van der Waals surface area contributed by atoms with Crippen LogP contribution >= 0.6 is 0 Å². The predicted octanol–water partition coefficient (Wildman–Crippen LogP) is 3.51. The largest absolute Gasteiger partial charge is 0.497 e. The van der Waals surface area contributed by atoms with E-state index in [1.807, 2.05) is 37.3 Å². The van der Waals surface area contributed by atoms with Crippen molar-refractivity contribution in [3.63, 3.8) is 0 Å². The lowest BCUT2D eigenvalue weighted by molar-refractivity contribution is -0.122. The maximum atomic E-state index is 12.1. The number of fused-ring (bicyclic) bond motifs is 1. The van der Waals surface area contributed by atoms with Crippen molar-refractivity contribution in [3.8, 4) is 5.75 Å². The molecule has 0 atom stereocenters. The van der Waals surface area contributed by atoms with Crippen molar-refractivity contribution in [2.45, 2.75) is 32.6 Å². The van der Waals surface area contributed by atoms with Gasteiger partial charge in [-0.2, -0.15) is 0 Å². The molecule has 0 heterocycles. The molecule has 126 valence electrons. The minimum Gasteiger partial charge on any atom is -0.497 e. The summed E-state index contributed by atoms with van der Waals surface area (Å²) in [5.41, 5.74) is 1.80. The number of ketones is 1. The Kier molecular flexibility index (Phi) is 4.84. The van der Waals surface area contributed by atoms with Gasteiger partial charge in [-0.1, -0.05) is 13.0 Å². The molecule has 1 aliphatic rings. The van der Waals surface area contributed by atoms with Crippen LogP contribution in [-0.2, 0) is 11.2 Å². The third-order valence-electron chi connectivity index (χ3n) is 4.53. The molecule has 3 rings (SSSR count). The first-order valence-electron chi connectivity index (χ1n) is 8.54. The van der Waals surface area contributed by atoms with Crippen molar-refractivity contribution in [2.24, 2.45) is 5.92 Å². The summed E-state index contributed by atoms with van der Waals surface area (Å²) in [7, 11) is 1.64. The van der Waals surface area contributed by atoms with Crippen LogP contribution in [0.15, 0.2) is 30.3 Å². The second-order valence-electron chi connectivity index (χ2n) is 6.31. The van der Waals surface area contributed by atoms with Crippen molar-refractivity contribution in [3.05, 3.63) is 41.5 Å². The molecule has 4 nitrogen and oxygen atoms in total. The van der Waals surface area contributed by atoms with Crippen molar-refractivity contribution in [2.75, 3.05) is 13.7 Å². The molecule has 1 amide bonds. The molecule has 0 aromatic heterocycles. The highest BCUT2D eigenvalue weighted by Crippen LogP contribution is 2.29. The Morgan fingerprint density at radius 1 is 1.21 bits per heavy atom. The molecule has 0 unspecified atom stereocenters. The van der Waals surface area contributed by atoms with E-state index < -0.39 is 0 Å². The number of amides is 1. The van der Waals surface area contributed by atoms with Crippen molar-refractivity contribution >= 4 is 22.5 Å². The number of rotatable bonds is 7. The summed E-state index contributed by atoms with van der Waals surface area (Å²) in [5.74, 6) is 1.30. The van der Waals surface area contributed by atoms with E-state index in [0.717, 1.165) is 40.5 Å². The quantitative estimate of drug-likeness (QED) is 0.793. The van der Waals surface area contributed by atoms with Crippen LogP contribution in [0.2, 0.25) is 0 Å². The SMILES string of the molecule is CCC(=O)c1cc(CCNC(=O)C2CC2)c2cc(OC)ccc2c1. The van der Waals surface area contributed by atoms with Crippen LogP contribution in [0, 0.1) is 5.92 Å². The van der Waals surface area contributed by atoms with Gasteiger partial charge in [0.2, 0.25) is 5.91 Å². The summed E-state index contributed by atoms with van der Waals surface area (Å²) in [5, 5.41) is 5.09. The third-order valence-corrected chi connectivity index (χ3v) is 4.53. The topological polar surface area (TPSA) is 55.4 Å². The van der Waals surface area contributed by atoms with Crippen molar-refractivity contribution < 1.29 is 14.3 Å². The Morgan fingerprint density at radius 3 is 2.67 bits per heavy atom. The fourth-order valence-corrected chi connectivity index (χ4v) is 2.92.